The fraction of sp³-hybridized carbons (Fsp3) is 0.524. The van der Waals surface area contributed by atoms with Crippen LogP contribution in [0.3, 0.4) is 0 Å². The van der Waals surface area contributed by atoms with Gasteiger partial charge < -0.3 is 24.6 Å². The Labute approximate surface area is 191 Å². The molecule has 1 aliphatic rings. The maximum atomic E-state index is 11.9. The van der Waals surface area contributed by atoms with Crippen LogP contribution in [0, 0.1) is 0 Å². The van der Waals surface area contributed by atoms with Crippen molar-refractivity contribution in [3.8, 4) is 5.75 Å². The lowest BCUT2D eigenvalue weighted by atomic mass is 9.99. The van der Waals surface area contributed by atoms with Gasteiger partial charge in [0, 0.05) is 40.8 Å². The van der Waals surface area contributed by atoms with E-state index in [0.717, 1.165) is 31.2 Å². The minimum atomic E-state index is -0.0197. The number of ether oxygens (including phenoxy) is 2. The molecule has 0 unspecified atom stereocenters. The number of likely N-dealkylation sites (N-methyl/N-ethyl adjacent to an activating group) is 1. The van der Waals surface area contributed by atoms with Crippen LogP contribution in [-0.2, 0) is 9.53 Å². The molecule has 1 aliphatic heterocycles. The average Bonchev–Trinajstić information content (AvgIpc) is 2.71. The average molecular weight is 516 g/mol. The van der Waals surface area contributed by atoms with E-state index in [2.05, 4.69) is 33.4 Å². The molecule has 2 rings (SSSR count). The van der Waals surface area contributed by atoms with Crippen molar-refractivity contribution >= 4 is 41.4 Å². The van der Waals surface area contributed by atoms with E-state index in [1.54, 1.807) is 26.1 Å². The van der Waals surface area contributed by atoms with Gasteiger partial charge in [-0.3, -0.25) is 4.79 Å². The van der Waals surface area contributed by atoms with Crippen molar-refractivity contribution < 1.29 is 14.3 Å². The van der Waals surface area contributed by atoms with Crippen LogP contribution in [0.2, 0.25) is 0 Å². The Balaban J connectivity index is 0.00000420. The molecule has 0 fully saturated rings. The van der Waals surface area contributed by atoms with Crippen molar-refractivity contribution in [1.82, 2.24) is 15.1 Å². The first-order valence-electron chi connectivity index (χ1n) is 9.69. The Kier molecular flexibility index (Phi) is 11.7. The number of nitrogens with zero attached hydrogens (tertiary/aromatic N) is 3. The number of halogens is 1. The normalized spacial score (nSPS) is 14.0. The molecule has 8 heteroatoms. The second-order valence-electron chi connectivity index (χ2n) is 6.73. The van der Waals surface area contributed by atoms with Crippen LogP contribution in [0.15, 0.2) is 35.3 Å². The molecule has 0 bridgehead atoms. The van der Waals surface area contributed by atoms with Crippen LogP contribution in [0.4, 0.5) is 0 Å². The predicted molar refractivity (Wildman–Crippen MR) is 128 cm³/mol. The van der Waals surface area contributed by atoms with Crippen LogP contribution < -0.4 is 10.1 Å². The van der Waals surface area contributed by atoms with Crippen LogP contribution in [0.5, 0.6) is 5.75 Å². The largest absolute Gasteiger partial charge is 0.494 e. The first-order chi connectivity index (χ1) is 13.5. The Morgan fingerprint density at radius 1 is 1.28 bits per heavy atom. The SMILES string of the molecule is CCOc1ccc(C2=CCN(C(=NCC(=O)N(C)C)NCCOC)CC2)cc1.I. The molecule has 1 aromatic rings. The molecule has 1 amide bonds. The van der Waals surface area contributed by atoms with Gasteiger partial charge in [0.05, 0.1) is 13.2 Å². The van der Waals surface area contributed by atoms with Crippen LogP contribution in [0.1, 0.15) is 18.9 Å². The molecular formula is C21H33IN4O3. The quantitative estimate of drug-likeness (QED) is 0.249. The van der Waals surface area contributed by atoms with E-state index in [1.165, 1.54) is 11.1 Å². The monoisotopic (exact) mass is 516 g/mol. The van der Waals surface area contributed by atoms with Crippen LogP contribution in [-0.4, -0.2) is 82.3 Å². The van der Waals surface area contributed by atoms with E-state index in [0.29, 0.717) is 19.8 Å². The number of guanidine groups is 1. The summed E-state index contributed by atoms with van der Waals surface area (Å²) in [5.74, 6) is 1.62. The molecule has 0 saturated carbocycles. The van der Waals surface area contributed by atoms with Crippen molar-refractivity contribution in [3.63, 3.8) is 0 Å². The molecule has 29 heavy (non-hydrogen) atoms. The second kappa shape index (κ2) is 13.4. The molecule has 0 atom stereocenters. The summed E-state index contributed by atoms with van der Waals surface area (Å²) in [6, 6.07) is 8.23. The molecular weight excluding hydrogens is 483 g/mol. The highest BCUT2D eigenvalue weighted by molar-refractivity contribution is 14.0. The zero-order valence-electron chi connectivity index (χ0n) is 17.8. The van der Waals surface area contributed by atoms with Crippen molar-refractivity contribution in [1.29, 1.82) is 0 Å². The summed E-state index contributed by atoms with van der Waals surface area (Å²) in [4.78, 5) is 20.1. The lowest BCUT2D eigenvalue weighted by Gasteiger charge is -2.30. The Morgan fingerprint density at radius 2 is 2.00 bits per heavy atom. The number of benzene rings is 1. The number of hydrogen-bond donors (Lipinski definition) is 1. The zero-order chi connectivity index (χ0) is 20.4. The number of rotatable bonds is 8. The highest BCUT2D eigenvalue weighted by atomic mass is 127. The Morgan fingerprint density at radius 3 is 2.55 bits per heavy atom. The third kappa shape index (κ3) is 8.22. The van der Waals surface area contributed by atoms with Gasteiger partial charge in [-0.2, -0.15) is 0 Å². The van der Waals surface area contributed by atoms with Crippen molar-refractivity contribution in [2.45, 2.75) is 13.3 Å². The summed E-state index contributed by atoms with van der Waals surface area (Å²) in [5.41, 5.74) is 2.54. The molecule has 0 aliphatic carbocycles. The van der Waals surface area contributed by atoms with Gasteiger partial charge in [-0.1, -0.05) is 18.2 Å². The van der Waals surface area contributed by atoms with Crippen molar-refractivity contribution in [2.75, 3.05) is 60.6 Å². The first-order valence-corrected chi connectivity index (χ1v) is 9.69. The lowest BCUT2D eigenvalue weighted by molar-refractivity contribution is -0.127. The van der Waals surface area contributed by atoms with Gasteiger partial charge in [0.1, 0.15) is 12.3 Å². The topological polar surface area (TPSA) is 66.4 Å². The van der Waals surface area contributed by atoms with Gasteiger partial charge in [-0.25, -0.2) is 4.99 Å². The standard InChI is InChI=1S/C21H32N4O3.HI/c1-5-28-19-8-6-17(7-9-19)18-10-13-25(14-11-18)21(22-12-15-27-4)23-16-20(26)24(2)3;/h6-10H,5,11-16H2,1-4H3,(H,22,23);1H. The van der Waals surface area contributed by atoms with Gasteiger partial charge in [-0.05, 0) is 36.6 Å². The highest BCUT2D eigenvalue weighted by Gasteiger charge is 2.17. The zero-order valence-corrected chi connectivity index (χ0v) is 20.1. The van der Waals surface area contributed by atoms with E-state index in [1.807, 2.05) is 19.1 Å². The Bertz CT molecular complexity index is 690. The number of amides is 1. The minimum absolute atomic E-state index is 0. The predicted octanol–water partition coefficient (Wildman–Crippen LogP) is 2.47. The molecule has 0 aromatic heterocycles. The molecule has 0 saturated heterocycles. The molecule has 162 valence electrons. The van der Waals surface area contributed by atoms with Gasteiger partial charge in [0.25, 0.3) is 0 Å². The summed E-state index contributed by atoms with van der Waals surface area (Å²) < 4.78 is 10.6. The summed E-state index contributed by atoms with van der Waals surface area (Å²) >= 11 is 0. The summed E-state index contributed by atoms with van der Waals surface area (Å²) in [6.07, 6.45) is 3.14. The highest BCUT2D eigenvalue weighted by Crippen LogP contribution is 2.24. The van der Waals surface area contributed by atoms with Crippen molar-refractivity contribution in [2.24, 2.45) is 4.99 Å². The maximum Gasteiger partial charge on any atom is 0.243 e. The van der Waals surface area contributed by atoms with Crippen LogP contribution in [0.25, 0.3) is 5.57 Å². The smallest absolute Gasteiger partial charge is 0.243 e. The Hall–Kier alpha value is -1.81. The molecule has 1 heterocycles. The molecule has 7 nitrogen and oxygen atoms in total. The third-order valence-corrected chi connectivity index (χ3v) is 4.50. The number of carbonyl (C=O) groups excluding carboxylic acids is 1. The van der Waals surface area contributed by atoms with Gasteiger partial charge in [-0.15, -0.1) is 24.0 Å². The molecule has 0 radical (unpaired) electrons. The van der Waals surface area contributed by atoms with Gasteiger partial charge in [0.2, 0.25) is 5.91 Å². The number of carbonyl (C=O) groups is 1. The van der Waals surface area contributed by atoms with E-state index in [4.69, 9.17) is 9.47 Å². The van der Waals surface area contributed by atoms with E-state index in [-0.39, 0.29) is 36.4 Å². The van der Waals surface area contributed by atoms with Gasteiger partial charge >= 0.3 is 0 Å². The van der Waals surface area contributed by atoms with E-state index >= 15 is 0 Å². The fourth-order valence-corrected chi connectivity index (χ4v) is 2.87. The molecule has 1 N–H and O–H groups in total. The van der Waals surface area contributed by atoms with E-state index < -0.39 is 0 Å². The number of hydrogen-bond acceptors (Lipinski definition) is 4. The lowest BCUT2D eigenvalue weighted by Crippen LogP contribution is -2.45. The van der Waals surface area contributed by atoms with Crippen molar-refractivity contribution in [3.05, 3.63) is 35.9 Å². The fourth-order valence-electron chi connectivity index (χ4n) is 2.87. The molecule has 0 spiro atoms. The summed E-state index contributed by atoms with van der Waals surface area (Å²) in [5, 5.41) is 3.30. The van der Waals surface area contributed by atoms with E-state index in [9.17, 15) is 4.79 Å². The first kappa shape index (κ1) is 25.2. The number of methoxy groups -OCH3 is 1. The second-order valence-corrected chi connectivity index (χ2v) is 6.73. The minimum Gasteiger partial charge on any atom is -0.494 e. The number of nitrogens with one attached hydrogen (secondary N) is 1. The van der Waals surface area contributed by atoms with Gasteiger partial charge in [0.15, 0.2) is 5.96 Å². The summed E-state index contributed by atoms with van der Waals surface area (Å²) in [7, 11) is 5.14. The maximum absolute atomic E-state index is 11.9. The number of aliphatic imine (C=N–C) groups is 1. The summed E-state index contributed by atoms with van der Waals surface area (Å²) in [6.45, 7) is 5.61. The molecule has 1 aromatic carbocycles. The van der Waals surface area contributed by atoms with Crippen LogP contribution >= 0.6 is 24.0 Å². The third-order valence-electron chi connectivity index (χ3n) is 4.50.